The normalized spacial score (nSPS) is 16.4. The van der Waals surface area contributed by atoms with E-state index in [0.29, 0.717) is 31.5 Å². The van der Waals surface area contributed by atoms with Crippen molar-refractivity contribution in [3.63, 3.8) is 0 Å². The van der Waals surface area contributed by atoms with E-state index in [-0.39, 0.29) is 17.8 Å². The molecule has 0 amide bonds. The van der Waals surface area contributed by atoms with Crippen molar-refractivity contribution in [2.24, 2.45) is 5.92 Å². The van der Waals surface area contributed by atoms with E-state index >= 15 is 0 Å². The number of likely N-dealkylation sites (tertiary alicyclic amines) is 1. The van der Waals surface area contributed by atoms with E-state index in [1.165, 1.54) is 6.07 Å². The third-order valence-corrected chi connectivity index (χ3v) is 5.78. The molecule has 0 spiro atoms. The molecule has 29 heavy (non-hydrogen) atoms. The Kier molecular flexibility index (Phi) is 5.72. The minimum atomic E-state index is -0.737. The number of hydrogen-bond donors (Lipinski definition) is 1. The van der Waals surface area contributed by atoms with Crippen molar-refractivity contribution in [2.75, 3.05) is 13.1 Å². The van der Waals surface area contributed by atoms with Crippen molar-refractivity contribution in [1.29, 1.82) is 0 Å². The van der Waals surface area contributed by atoms with Crippen LogP contribution in [0, 0.1) is 11.7 Å². The standard InChI is InChI=1S/C25H24FNO2/c26-23-9-5-4-8-22(23)24(27-16-14-21(15-17-27)25(28)29)20-12-10-19(11-13-20)18-6-2-1-3-7-18/h1-13,21,24H,14-17H2,(H,28,29). The Hall–Kier alpha value is -2.98. The second-order valence-electron chi connectivity index (χ2n) is 7.56. The predicted molar refractivity (Wildman–Crippen MR) is 112 cm³/mol. The van der Waals surface area contributed by atoms with Gasteiger partial charge in [-0.3, -0.25) is 9.69 Å². The van der Waals surface area contributed by atoms with Crippen LogP contribution in [0.25, 0.3) is 11.1 Å². The summed E-state index contributed by atoms with van der Waals surface area (Å²) in [5.41, 5.74) is 3.91. The lowest BCUT2D eigenvalue weighted by atomic mass is 9.90. The van der Waals surface area contributed by atoms with Crippen LogP contribution in [0.3, 0.4) is 0 Å². The van der Waals surface area contributed by atoms with E-state index in [1.807, 2.05) is 30.3 Å². The van der Waals surface area contributed by atoms with E-state index in [0.717, 1.165) is 16.7 Å². The van der Waals surface area contributed by atoms with Gasteiger partial charge in [0.15, 0.2) is 0 Å². The molecule has 3 aromatic rings. The lowest BCUT2D eigenvalue weighted by Crippen LogP contribution is -2.39. The fraction of sp³-hybridized carbons (Fsp3) is 0.240. The molecule has 1 atom stereocenters. The molecule has 1 fully saturated rings. The monoisotopic (exact) mass is 389 g/mol. The summed E-state index contributed by atoms with van der Waals surface area (Å²) in [6.07, 6.45) is 1.17. The van der Waals surface area contributed by atoms with Crippen molar-refractivity contribution < 1.29 is 14.3 Å². The van der Waals surface area contributed by atoms with E-state index in [1.54, 1.807) is 6.07 Å². The highest BCUT2D eigenvalue weighted by Crippen LogP contribution is 2.34. The maximum Gasteiger partial charge on any atom is 0.306 e. The molecule has 0 aliphatic carbocycles. The Morgan fingerprint density at radius 3 is 2.07 bits per heavy atom. The smallest absolute Gasteiger partial charge is 0.306 e. The van der Waals surface area contributed by atoms with Crippen LogP contribution in [0.4, 0.5) is 4.39 Å². The van der Waals surface area contributed by atoms with Crippen LogP contribution in [0.15, 0.2) is 78.9 Å². The molecule has 3 nitrogen and oxygen atoms in total. The Labute approximate surface area is 170 Å². The van der Waals surface area contributed by atoms with Gasteiger partial charge in [-0.2, -0.15) is 0 Å². The number of aliphatic carboxylic acids is 1. The van der Waals surface area contributed by atoms with Crippen molar-refractivity contribution in [2.45, 2.75) is 18.9 Å². The lowest BCUT2D eigenvalue weighted by Gasteiger charge is -2.37. The van der Waals surface area contributed by atoms with Gasteiger partial charge in [0.1, 0.15) is 5.82 Å². The average molecular weight is 389 g/mol. The minimum absolute atomic E-state index is 0.226. The molecule has 1 saturated heterocycles. The fourth-order valence-electron chi connectivity index (χ4n) is 4.18. The molecule has 1 N–H and O–H groups in total. The lowest BCUT2D eigenvalue weighted by molar-refractivity contribution is -0.143. The first-order chi connectivity index (χ1) is 14.1. The molecule has 1 heterocycles. The summed E-state index contributed by atoms with van der Waals surface area (Å²) in [5.74, 6) is -1.28. The SMILES string of the molecule is O=C(O)C1CCN(C(c2ccc(-c3ccccc3)cc2)c2ccccc2F)CC1. The fourth-order valence-corrected chi connectivity index (χ4v) is 4.18. The summed E-state index contributed by atoms with van der Waals surface area (Å²) in [4.78, 5) is 13.5. The maximum absolute atomic E-state index is 14.7. The van der Waals surface area contributed by atoms with Crippen LogP contribution in [0.1, 0.15) is 30.0 Å². The summed E-state index contributed by atoms with van der Waals surface area (Å²) in [6.45, 7) is 1.27. The van der Waals surface area contributed by atoms with Crippen molar-refractivity contribution in [3.05, 3.63) is 95.8 Å². The van der Waals surface area contributed by atoms with Gasteiger partial charge in [-0.15, -0.1) is 0 Å². The topological polar surface area (TPSA) is 40.5 Å². The van der Waals surface area contributed by atoms with Crippen LogP contribution < -0.4 is 0 Å². The van der Waals surface area contributed by atoms with Gasteiger partial charge in [0.2, 0.25) is 0 Å². The summed E-state index contributed by atoms with van der Waals surface area (Å²) in [6, 6.07) is 25.1. The Bertz CT molecular complexity index is 964. The summed E-state index contributed by atoms with van der Waals surface area (Å²) in [5, 5.41) is 9.30. The molecule has 3 aromatic carbocycles. The predicted octanol–water partition coefficient (Wildman–Crippen LogP) is 5.38. The molecular formula is C25H24FNO2. The molecule has 0 saturated carbocycles. The highest BCUT2D eigenvalue weighted by Gasteiger charge is 2.31. The molecule has 1 unspecified atom stereocenters. The summed E-state index contributed by atoms with van der Waals surface area (Å²) in [7, 11) is 0. The number of rotatable bonds is 5. The first kappa shape index (κ1) is 19.3. The van der Waals surface area contributed by atoms with E-state index < -0.39 is 5.97 Å². The summed E-state index contributed by atoms with van der Waals surface area (Å²) >= 11 is 0. The third-order valence-electron chi connectivity index (χ3n) is 5.78. The Morgan fingerprint density at radius 1 is 0.862 bits per heavy atom. The van der Waals surface area contributed by atoms with Gasteiger partial charge in [0.05, 0.1) is 12.0 Å². The molecule has 0 aromatic heterocycles. The van der Waals surface area contributed by atoms with E-state index in [9.17, 15) is 14.3 Å². The molecule has 148 valence electrons. The van der Waals surface area contributed by atoms with Gasteiger partial charge in [-0.25, -0.2) is 4.39 Å². The molecule has 1 aliphatic rings. The number of carbonyl (C=O) groups is 1. The van der Waals surface area contributed by atoms with Gasteiger partial charge >= 0.3 is 5.97 Å². The van der Waals surface area contributed by atoms with Crippen LogP contribution in [-0.4, -0.2) is 29.1 Å². The second kappa shape index (κ2) is 8.58. The molecule has 0 radical (unpaired) electrons. The number of nitrogens with zero attached hydrogens (tertiary/aromatic N) is 1. The van der Waals surface area contributed by atoms with Gasteiger partial charge in [-0.05, 0) is 48.7 Å². The number of carboxylic acids is 1. The van der Waals surface area contributed by atoms with Crippen LogP contribution in [0.2, 0.25) is 0 Å². The number of halogens is 1. The molecular weight excluding hydrogens is 365 g/mol. The van der Waals surface area contributed by atoms with Gasteiger partial charge < -0.3 is 5.11 Å². The zero-order valence-corrected chi connectivity index (χ0v) is 16.2. The number of benzene rings is 3. The molecule has 4 heteroatoms. The summed E-state index contributed by atoms with van der Waals surface area (Å²) < 4.78 is 14.7. The molecule has 1 aliphatic heterocycles. The average Bonchev–Trinajstić information content (AvgIpc) is 2.77. The first-order valence-electron chi connectivity index (χ1n) is 10.00. The Morgan fingerprint density at radius 2 is 1.45 bits per heavy atom. The maximum atomic E-state index is 14.7. The van der Waals surface area contributed by atoms with Crippen LogP contribution >= 0.6 is 0 Å². The number of hydrogen-bond acceptors (Lipinski definition) is 2. The first-order valence-corrected chi connectivity index (χ1v) is 10.00. The van der Waals surface area contributed by atoms with Gasteiger partial charge in [-0.1, -0.05) is 72.8 Å². The Balaban J connectivity index is 1.66. The number of piperidine rings is 1. The van der Waals surface area contributed by atoms with E-state index in [4.69, 9.17) is 0 Å². The van der Waals surface area contributed by atoms with Crippen LogP contribution in [0.5, 0.6) is 0 Å². The zero-order valence-electron chi connectivity index (χ0n) is 16.2. The highest BCUT2D eigenvalue weighted by molar-refractivity contribution is 5.70. The molecule has 0 bridgehead atoms. The van der Waals surface area contributed by atoms with Crippen molar-refractivity contribution in [1.82, 2.24) is 4.90 Å². The largest absolute Gasteiger partial charge is 0.481 e. The second-order valence-corrected chi connectivity index (χ2v) is 7.56. The van der Waals surface area contributed by atoms with Crippen molar-refractivity contribution >= 4 is 5.97 Å². The molecule has 4 rings (SSSR count). The van der Waals surface area contributed by atoms with Gasteiger partial charge in [0.25, 0.3) is 0 Å². The minimum Gasteiger partial charge on any atom is -0.481 e. The highest BCUT2D eigenvalue weighted by atomic mass is 19.1. The van der Waals surface area contributed by atoms with Gasteiger partial charge in [0, 0.05) is 5.56 Å². The van der Waals surface area contributed by atoms with Crippen molar-refractivity contribution in [3.8, 4) is 11.1 Å². The van der Waals surface area contributed by atoms with Crippen LogP contribution in [-0.2, 0) is 4.79 Å². The third kappa shape index (κ3) is 4.22. The zero-order chi connectivity index (χ0) is 20.2. The van der Waals surface area contributed by atoms with E-state index in [2.05, 4.69) is 41.3 Å². The quantitative estimate of drug-likeness (QED) is 0.637. The number of carboxylic acid groups (broad SMARTS) is 1.